The van der Waals surface area contributed by atoms with E-state index in [0.29, 0.717) is 0 Å². The molecule has 1 aliphatic heterocycles. The summed E-state index contributed by atoms with van der Waals surface area (Å²) in [5.41, 5.74) is 0.200. The fourth-order valence-electron chi connectivity index (χ4n) is 3.37. The lowest BCUT2D eigenvalue weighted by Gasteiger charge is -2.52. The first-order valence-electron chi connectivity index (χ1n) is 7.90. The van der Waals surface area contributed by atoms with Gasteiger partial charge in [-0.05, 0) is 50.2 Å². The Hall–Kier alpha value is -1.62. The number of hydrogen-bond donors (Lipinski definition) is 1. The Morgan fingerprint density at radius 1 is 1.36 bits per heavy atom. The predicted octanol–water partition coefficient (Wildman–Crippen LogP) is 2.67. The summed E-state index contributed by atoms with van der Waals surface area (Å²) < 4.78 is 24.4. The second-order valence-corrected chi connectivity index (χ2v) is 6.27. The van der Waals surface area contributed by atoms with E-state index in [2.05, 4.69) is 5.32 Å². The molecule has 0 aromatic heterocycles. The van der Waals surface area contributed by atoms with Crippen molar-refractivity contribution in [1.29, 1.82) is 0 Å². The maximum Gasteiger partial charge on any atom is 0.261 e. The van der Waals surface area contributed by atoms with Crippen LogP contribution in [-0.4, -0.2) is 31.3 Å². The van der Waals surface area contributed by atoms with Crippen molar-refractivity contribution >= 4 is 5.91 Å². The molecule has 2 aliphatic rings. The van der Waals surface area contributed by atoms with E-state index in [0.717, 1.165) is 38.9 Å². The van der Waals surface area contributed by atoms with E-state index in [9.17, 15) is 9.18 Å². The molecule has 1 aromatic rings. The van der Waals surface area contributed by atoms with Crippen LogP contribution in [0.25, 0.3) is 0 Å². The number of rotatable bonds is 4. The Labute approximate surface area is 130 Å². The van der Waals surface area contributed by atoms with Gasteiger partial charge in [0.15, 0.2) is 17.7 Å². The maximum absolute atomic E-state index is 13.6. The minimum Gasteiger partial charge on any atom is -0.478 e. The average Bonchev–Trinajstić information content (AvgIpc) is 2.54. The van der Waals surface area contributed by atoms with Crippen molar-refractivity contribution in [3.63, 3.8) is 0 Å². The number of carbonyl (C=O) groups is 1. The van der Waals surface area contributed by atoms with E-state index in [1.165, 1.54) is 12.1 Å². The highest BCUT2D eigenvalue weighted by Gasteiger charge is 2.48. The van der Waals surface area contributed by atoms with Gasteiger partial charge in [0.1, 0.15) is 0 Å². The van der Waals surface area contributed by atoms with Crippen molar-refractivity contribution in [3.8, 4) is 5.75 Å². The molecule has 1 amide bonds. The third-order valence-electron chi connectivity index (χ3n) is 4.98. The van der Waals surface area contributed by atoms with E-state index in [-0.39, 0.29) is 23.1 Å². The molecule has 1 spiro atoms. The quantitative estimate of drug-likeness (QED) is 0.930. The van der Waals surface area contributed by atoms with Gasteiger partial charge in [-0.15, -0.1) is 0 Å². The normalized spacial score (nSPS) is 24.4. The van der Waals surface area contributed by atoms with Crippen molar-refractivity contribution < 1.29 is 18.7 Å². The Kier molecular flexibility index (Phi) is 4.34. The highest BCUT2D eigenvalue weighted by atomic mass is 19.1. The van der Waals surface area contributed by atoms with E-state index in [4.69, 9.17) is 9.47 Å². The lowest BCUT2D eigenvalue weighted by atomic mass is 9.60. The van der Waals surface area contributed by atoms with Gasteiger partial charge >= 0.3 is 0 Å². The molecule has 22 heavy (non-hydrogen) atoms. The number of halogens is 1. The van der Waals surface area contributed by atoms with Crippen LogP contribution >= 0.6 is 0 Å². The molecular formula is C17H22FNO3. The van der Waals surface area contributed by atoms with E-state index in [1.807, 2.05) is 0 Å². The predicted molar refractivity (Wildman–Crippen MR) is 80.1 cm³/mol. The van der Waals surface area contributed by atoms with Crippen LogP contribution in [0.3, 0.4) is 0 Å². The monoisotopic (exact) mass is 307 g/mol. The molecule has 5 heteroatoms. The third-order valence-corrected chi connectivity index (χ3v) is 4.98. The first-order chi connectivity index (χ1) is 10.6. The zero-order valence-electron chi connectivity index (χ0n) is 12.8. The van der Waals surface area contributed by atoms with Crippen molar-refractivity contribution in [2.75, 3.05) is 13.2 Å². The third kappa shape index (κ3) is 2.95. The van der Waals surface area contributed by atoms with Gasteiger partial charge in [0.25, 0.3) is 5.91 Å². The number of amides is 1. The molecule has 2 atom stereocenters. The van der Waals surface area contributed by atoms with Crippen LogP contribution in [-0.2, 0) is 9.53 Å². The Bertz CT molecular complexity index is 542. The van der Waals surface area contributed by atoms with Crippen LogP contribution in [0.5, 0.6) is 5.75 Å². The lowest BCUT2D eigenvalue weighted by molar-refractivity contribution is -0.133. The molecular weight excluding hydrogens is 285 g/mol. The molecule has 0 bridgehead atoms. The number of benzene rings is 1. The largest absolute Gasteiger partial charge is 0.478 e. The number of ether oxygens (including phenoxy) is 2. The molecule has 3 rings (SSSR count). The Morgan fingerprint density at radius 2 is 2.09 bits per heavy atom. The summed E-state index contributed by atoms with van der Waals surface area (Å²) >= 11 is 0. The number of carbonyl (C=O) groups excluding carboxylic acids is 1. The van der Waals surface area contributed by atoms with Gasteiger partial charge in [0.05, 0.1) is 0 Å². The number of para-hydroxylation sites is 1. The molecule has 0 radical (unpaired) electrons. The van der Waals surface area contributed by atoms with E-state index >= 15 is 0 Å². The van der Waals surface area contributed by atoms with Crippen molar-refractivity contribution in [3.05, 3.63) is 30.1 Å². The van der Waals surface area contributed by atoms with Crippen LogP contribution in [0.2, 0.25) is 0 Å². The minimum atomic E-state index is -0.714. The molecule has 1 aromatic carbocycles. The van der Waals surface area contributed by atoms with Gasteiger partial charge in [-0.1, -0.05) is 12.1 Å². The van der Waals surface area contributed by atoms with E-state index in [1.54, 1.807) is 19.1 Å². The molecule has 2 unspecified atom stereocenters. The standard InChI is InChI=1S/C17H22FNO3/c1-12(22-14-5-3-2-4-13(14)18)16(20)19-15-6-7-17(15)8-10-21-11-9-17/h2-5,12,15H,6-11H2,1H3,(H,19,20). The SMILES string of the molecule is CC(Oc1ccccc1F)C(=O)NC1CCC12CCOCC2. The molecule has 1 N–H and O–H groups in total. The second-order valence-electron chi connectivity index (χ2n) is 6.27. The zero-order valence-corrected chi connectivity index (χ0v) is 12.8. The number of hydrogen-bond acceptors (Lipinski definition) is 3. The van der Waals surface area contributed by atoms with Crippen LogP contribution < -0.4 is 10.1 Å². The Morgan fingerprint density at radius 3 is 2.73 bits per heavy atom. The molecule has 1 saturated heterocycles. The summed E-state index contributed by atoms with van der Waals surface area (Å²) in [5.74, 6) is -0.523. The fraction of sp³-hybridized carbons (Fsp3) is 0.588. The molecule has 120 valence electrons. The first kappa shape index (κ1) is 15.3. The van der Waals surface area contributed by atoms with Gasteiger partial charge in [0.2, 0.25) is 0 Å². The fourth-order valence-corrected chi connectivity index (χ4v) is 3.37. The molecule has 4 nitrogen and oxygen atoms in total. The smallest absolute Gasteiger partial charge is 0.261 e. The number of nitrogens with one attached hydrogen (secondary N) is 1. The summed E-state index contributed by atoms with van der Waals surface area (Å²) in [5, 5.41) is 3.07. The van der Waals surface area contributed by atoms with Gasteiger partial charge < -0.3 is 14.8 Å². The highest BCUT2D eigenvalue weighted by molar-refractivity contribution is 5.81. The van der Waals surface area contributed by atoms with Crippen molar-refractivity contribution in [1.82, 2.24) is 5.32 Å². The van der Waals surface area contributed by atoms with E-state index < -0.39 is 11.9 Å². The van der Waals surface area contributed by atoms with Crippen LogP contribution in [0.15, 0.2) is 24.3 Å². The van der Waals surface area contributed by atoms with Gasteiger partial charge in [-0.3, -0.25) is 4.79 Å². The van der Waals surface area contributed by atoms with Gasteiger partial charge in [-0.2, -0.15) is 0 Å². The summed E-state index contributed by atoms with van der Waals surface area (Å²) in [4.78, 5) is 12.3. The van der Waals surface area contributed by atoms with Gasteiger partial charge in [0, 0.05) is 19.3 Å². The molecule has 1 aliphatic carbocycles. The van der Waals surface area contributed by atoms with Gasteiger partial charge in [-0.25, -0.2) is 4.39 Å². The van der Waals surface area contributed by atoms with Crippen molar-refractivity contribution in [2.24, 2.45) is 5.41 Å². The van der Waals surface area contributed by atoms with Crippen molar-refractivity contribution in [2.45, 2.75) is 44.8 Å². The lowest BCUT2D eigenvalue weighted by Crippen LogP contribution is -2.58. The average molecular weight is 307 g/mol. The second kappa shape index (κ2) is 6.24. The zero-order chi connectivity index (χ0) is 15.6. The summed E-state index contributed by atoms with van der Waals surface area (Å²) in [7, 11) is 0. The molecule has 1 heterocycles. The summed E-state index contributed by atoms with van der Waals surface area (Å²) in [6, 6.07) is 6.32. The highest BCUT2D eigenvalue weighted by Crippen LogP contribution is 2.48. The molecule has 1 saturated carbocycles. The maximum atomic E-state index is 13.6. The van der Waals surface area contributed by atoms with Crippen LogP contribution in [0, 0.1) is 11.2 Å². The minimum absolute atomic E-state index is 0.111. The molecule has 2 fully saturated rings. The first-order valence-corrected chi connectivity index (χ1v) is 7.90. The summed E-state index contributed by atoms with van der Waals surface area (Å²) in [6.07, 6.45) is 3.43. The van der Waals surface area contributed by atoms with Crippen LogP contribution in [0.4, 0.5) is 4.39 Å². The topological polar surface area (TPSA) is 47.6 Å². The summed E-state index contributed by atoms with van der Waals surface area (Å²) in [6.45, 7) is 3.19. The van der Waals surface area contributed by atoms with Crippen LogP contribution in [0.1, 0.15) is 32.6 Å². The Balaban J connectivity index is 1.56.